The molecule has 0 spiro atoms. The first-order chi connectivity index (χ1) is 13.2. The van der Waals surface area contributed by atoms with Crippen molar-refractivity contribution in [1.29, 1.82) is 0 Å². The highest BCUT2D eigenvalue weighted by Crippen LogP contribution is 2.21. The zero-order valence-corrected chi connectivity index (χ0v) is 13.4. The first-order valence-electron chi connectivity index (χ1n) is 9.61. The average molecular weight is 347 g/mol. The fourth-order valence-corrected chi connectivity index (χ4v) is 2.81. The number of benzene rings is 1. The SMILES string of the molecule is O=CO.[2H]C([2H])([2H])N(CCc1c[nH]c2ccc(CS(=O)(=O)NC)cc12)C([2H])([2H])[2H]. The summed E-state index contributed by atoms with van der Waals surface area (Å²) in [5.74, 6) is -0.180. The van der Waals surface area contributed by atoms with Gasteiger partial charge in [0.25, 0.3) is 6.47 Å². The van der Waals surface area contributed by atoms with E-state index in [4.69, 9.17) is 18.1 Å². The van der Waals surface area contributed by atoms with Gasteiger partial charge in [0, 0.05) is 31.9 Å². The summed E-state index contributed by atoms with van der Waals surface area (Å²) in [5.41, 5.74) is 2.07. The third-order valence-electron chi connectivity index (χ3n) is 3.10. The van der Waals surface area contributed by atoms with E-state index < -0.39 is 24.0 Å². The molecule has 0 aliphatic rings. The van der Waals surface area contributed by atoms with E-state index in [1.165, 1.54) is 7.05 Å². The van der Waals surface area contributed by atoms with E-state index in [1.54, 1.807) is 24.4 Å². The second-order valence-electron chi connectivity index (χ2n) is 4.66. The second kappa shape index (κ2) is 8.66. The van der Waals surface area contributed by atoms with Crippen LogP contribution in [0, 0.1) is 0 Å². The van der Waals surface area contributed by atoms with E-state index in [9.17, 15) is 8.42 Å². The number of rotatable bonds is 6. The Balaban J connectivity index is 0.00000132. The van der Waals surface area contributed by atoms with Crippen LogP contribution in [0.1, 0.15) is 19.4 Å². The van der Waals surface area contributed by atoms with Gasteiger partial charge in [-0.1, -0.05) is 6.07 Å². The summed E-state index contributed by atoms with van der Waals surface area (Å²) >= 11 is 0. The summed E-state index contributed by atoms with van der Waals surface area (Å²) in [6.45, 7) is -5.90. The van der Waals surface area contributed by atoms with Crippen molar-refractivity contribution in [2.45, 2.75) is 12.2 Å². The molecule has 0 atom stereocenters. The van der Waals surface area contributed by atoms with Crippen molar-refractivity contribution >= 4 is 27.4 Å². The minimum atomic E-state index is -3.42. The summed E-state index contributed by atoms with van der Waals surface area (Å²) in [5, 5.41) is 7.63. The number of hydrogen-bond donors (Lipinski definition) is 3. The monoisotopic (exact) mass is 347 g/mol. The predicted molar refractivity (Wildman–Crippen MR) is 90.9 cm³/mol. The number of sulfonamides is 1. The number of hydrogen-bond acceptors (Lipinski definition) is 4. The minimum absolute atomic E-state index is 0.180. The fourth-order valence-electron chi connectivity index (χ4n) is 2.05. The van der Waals surface area contributed by atoms with Gasteiger partial charge in [-0.2, -0.15) is 0 Å². The molecule has 7 nitrogen and oxygen atoms in total. The van der Waals surface area contributed by atoms with Crippen molar-refractivity contribution in [3.63, 3.8) is 0 Å². The smallest absolute Gasteiger partial charge is 0.290 e. The zero-order chi connectivity index (χ0) is 22.5. The topological polar surface area (TPSA) is 102 Å². The maximum Gasteiger partial charge on any atom is 0.290 e. The largest absolute Gasteiger partial charge is 0.483 e. The Morgan fingerprint density at radius 2 is 2.13 bits per heavy atom. The number of nitrogens with zero attached hydrogens (tertiary/aromatic N) is 1. The van der Waals surface area contributed by atoms with Crippen molar-refractivity contribution in [2.75, 3.05) is 27.5 Å². The standard InChI is InChI=1S/C14H21N3O2S.CH2O2/c1-15-20(18,19)10-11-4-5-14-13(8-11)12(9-16-14)6-7-17(2)3;2-1-3/h4-5,8-9,15-16H,6-7,10H2,1-3H3;1H,(H,2,3)/i2D3,3D3;. The number of fused-ring (bicyclic) bond motifs is 1. The molecule has 0 bridgehead atoms. The molecule has 0 saturated heterocycles. The first-order valence-corrected chi connectivity index (χ1v) is 8.26. The Morgan fingerprint density at radius 1 is 1.43 bits per heavy atom. The molecule has 0 radical (unpaired) electrons. The zero-order valence-electron chi connectivity index (χ0n) is 18.5. The maximum absolute atomic E-state index is 11.7. The van der Waals surface area contributed by atoms with Gasteiger partial charge in [-0.3, -0.25) is 4.79 Å². The number of aromatic nitrogens is 1. The van der Waals surface area contributed by atoms with E-state index in [0.717, 1.165) is 16.5 Å². The molecular formula is C15H23N3O4S. The van der Waals surface area contributed by atoms with Crippen LogP contribution in [-0.4, -0.2) is 57.4 Å². The summed E-state index contributed by atoms with van der Waals surface area (Å²) in [6.07, 6.45) is 1.87. The Hall–Kier alpha value is -1.90. The van der Waals surface area contributed by atoms with Crippen LogP contribution >= 0.6 is 0 Å². The first kappa shape index (κ1) is 11.6. The van der Waals surface area contributed by atoms with Crippen LogP contribution in [0.25, 0.3) is 10.9 Å². The van der Waals surface area contributed by atoms with Gasteiger partial charge in [-0.15, -0.1) is 0 Å². The predicted octanol–water partition coefficient (Wildman–Crippen LogP) is 1.02. The molecule has 2 rings (SSSR count). The second-order valence-corrected chi connectivity index (χ2v) is 6.59. The lowest BCUT2D eigenvalue weighted by Crippen LogP contribution is -2.20. The Kier molecular flexibility index (Phi) is 4.37. The summed E-state index contributed by atoms with van der Waals surface area (Å²) in [4.78, 5) is 11.9. The van der Waals surface area contributed by atoms with Crippen molar-refractivity contribution in [2.24, 2.45) is 0 Å². The molecule has 3 N–H and O–H groups in total. The van der Waals surface area contributed by atoms with Crippen molar-refractivity contribution in [1.82, 2.24) is 14.6 Å². The van der Waals surface area contributed by atoms with E-state index in [1.807, 2.05) is 0 Å². The van der Waals surface area contributed by atoms with Crippen LogP contribution in [0.3, 0.4) is 0 Å². The molecule has 0 saturated carbocycles. The molecule has 8 heteroatoms. The molecule has 128 valence electrons. The lowest BCUT2D eigenvalue weighted by atomic mass is 10.1. The summed E-state index contributed by atoms with van der Waals surface area (Å²) in [6, 6.07) is 5.14. The van der Waals surface area contributed by atoms with E-state index in [0.29, 0.717) is 10.5 Å². The molecule has 1 aromatic carbocycles. The van der Waals surface area contributed by atoms with Gasteiger partial charge in [-0.25, -0.2) is 13.1 Å². The molecule has 0 amide bonds. The molecular weight excluding hydrogens is 318 g/mol. The quantitative estimate of drug-likeness (QED) is 0.677. The summed E-state index contributed by atoms with van der Waals surface area (Å²) in [7, 11) is -2.08. The Labute approximate surface area is 144 Å². The number of H-pyrrole nitrogens is 1. The lowest BCUT2D eigenvalue weighted by molar-refractivity contribution is -0.122. The average Bonchev–Trinajstić information content (AvgIpc) is 2.95. The number of likely N-dealkylation sites (N-methyl/N-ethyl adjacent to an activating group) is 1. The number of nitrogens with one attached hydrogen (secondary N) is 2. The van der Waals surface area contributed by atoms with Crippen molar-refractivity contribution in [3.05, 3.63) is 35.5 Å². The van der Waals surface area contributed by atoms with E-state index >= 15 is 0 Å². The van der Waals surface area contributed by atoms with Gasteiger partial charge >= 0.3 is 0 Å². The van der Waals surface area contributed by atoms with Crippen LogP contribution in [0.2, 0.25) is 0 Å². The Bertz CT molecular complexity index is 910. The van der Waals surface area contributed by atoms with E-state index in [2.05, 4.69) is 9.71 Å². The van der Waals surface area contributed by atoms with Crippen LogP contribution in [-0.2, 0) is 27.0 Å². The van der Waals surface area contributed by atoms with Crippen LogP contribution in [0.5, 0.6) is 0 Å². The molecule has 1 aromatic heterocycles. The molecule has 0 unspecified atom stereocenters. The van der Waals surface area contributed by atoms with E-state index in [-0.39, 0.29) is 25.2 Å². The molecule has 23 heavy (non-hydrogen) atoms. The fraction of sp³-hybridized carbons (Fsp3) is 0.400. The normalized spacial score (nSPS) is 16.3. The van der Waals surface area contributed by atoms with Crippen molar-refractivity contribution in [3.8, 4) is 0 Å². The molecule has 0 aliphatic heterocycles. The van der Waals surface area contributed by atoms with Crippen LogP contribution in [0.4, 0.5) is 0 Å². The molecule has 0 fully saturated rings. The van der Waals surface area contributed by atoms with Gasteiger partial charge in [0.2, 0.25) is 10.0 Å². The van der Waals surface area contributed by atoms with Gasteiger partial charge in [0.1, 0.15) is 0 Å². The number of carbonyl (C=O) groups is 1. The third kappa shape index (κ3) is 6.01. The summed E-state index contributed by atoms with van der Waals surface area (Å²) < 4.78 is 70.1. The lowest BCUT2D eigenvalue weighted by Gasteiger charge is -2.08. The third-order valence-corrected chi connectivity index (χ3v) is 4.44. The van der Waals surface area contributed by atoms with Gasteiger partial charge < -0.3 is 15.0 Å². The van der Waals surface area contributed by atoms with Crippen LogP contribution < -0.4 is 4.72 Å². The molecule has 1 heterocycles. The minimum Gasteiger partial charge on any atom is -0.483 e. The number of carboxylic acid groups (broad SMARTS) is 1. The van der Waals surface area contributed by atoms with Gasteiger partial charge in [0.15, 0.2) is 0 Å². The maximum atomic E-state index is 11.7. The number of aromatic amines is 1. The highest BCUT2D eigenvalue weighted by Gasteiger charge is 2.11. The van der Waals surface area contributed by atoms with Gasteiger partial charge in [-0.05, 0) is 50.7 Å². The van der Waals surface area contributed by atoms with Gasteiger partial charge in [0.05, 0.1) is 5.75 Å². The van der Waals surface area contributed by atoms with Crippen LogP contribution in [0.15, 0.2) is 24.4 Å². The highest BCUT2D eigenvalue weighted by molar-refractivity contribution is 7.88. The molecule has 2 aromatic rings. The highest BCUT2D eigenvalue weighted by atomic mass is 32.2. The Morgan fingerprint density at radius 3 is 2.74 bits per heavy atom. The van der Waals surface area contributed by atoms with Crippen molar-refractivity contribution < 1.29 is 26.5 Å². The molecule has 0 aliphatic carbocycles.